The summed E-state index contributed by atoms with van der Waals surface area (Å²) in [6.45, 7) is 8.08. The number of carbonyl (C=O) groups excluding carboxylic acids is 1. The molecule has 0 spiro atoms. The van der Waals surface area contributed by atoms with Gasteiger partial charge in [-0.05, 0) is 78.6 Å². The third-order valence-corrected chi connectivity index (χ3v) is 5.08. The lowest BCUT2D eigenvalue weighted by Crippen LogP contribution is -2.07. The Labute approximate surface area is 151 Å². The number of hydrogen-bond donors (Lipinski definition) is 0. The summed E-state index contributed by atoms with van der Waals surface area (Å²) in [5, 5.41) is 12.5. The van der Waals surface area contributed by atoms with Crippen LogP contribution in [0.25, 0.3) is 5.69 Å². The zero-order valence-electron chi connectivity index (χ0n) is 14.8. The third-order valence-electron chi connectivity index (χ3n) is 4.16. The van der Waals surface area contributed by atoms with Crippen molar-refractivity contribution in [3.63, 3.8) is 0 Å². The molecule has 3 aromatic rings. The summed E-state index contributed by atoms with van der Waals surface area (Å²) in [4.78, 5) is 12.6. The van der Waals surface area contributed by atoms with E-state index in [1.807, 2.05) is 51.1 Å². The standard InChI is InChI=1S/C19H20N4OS/c1-12-6-5-7-16(8-12)23-19(20-21-22-23)25-11-18(24)17-10-14(3)13(2)9-15(17)4/h5-10H,11H2,1-4H3. The molecule has 0 fully saturated rings. The summed E-state index contributed by atoms with van der Waals surface area (Å²) in [5.41, 5.74) is 6.12. The molecule has 0 aliphatic heterocycles. The van der Waals surface area contributed by atoms with Crippen molar-refractivity contribution in [2.75, 3.05) is 5.75 Å². The van der Waals surface area contributed by atoms with Gasteiger partial charge >= 0.3 is 0 Å². The molecule has 0 saturated carbocycles. The highest BCUT2D eigenvalue weighted by Gasteiger charge is 2.15. The maximum absolute atomic E-state index is 12.6. The number of ketones is 1. The molecule has 5 nitrogen and oxygen atoms in total. The van der Waals surface area contributed by atoms with E-state index in [1.54, 1.807) is 4.68 Å². The second-order valence-electron chi connectivity index (χ2n) is 6.18. The van der Waals surface area contributed by atoms with Crippen molar-refractivity contribution in [2.24, 2.45) is 0 Å². The van der Waals surface area contributed by atoms with Crippen LogP contribution in [0.5, 0.6) is 0 Å². The van der Waals surface area contributed by atoms with E-state index in [4.69, 9.17) is 0 Å². The summed E-state index contributed by atoms with van der Waals surface area (Å²) in [7, 11) is 0. The first-order valence-corrected chi connectivity index (χ1v) is 9.03. The molecule has 3 rings (SSSR count). The third kappa shape index (κ3) is 3.79. The number of benzene rings is 2. The average molecular weight is 352 g/mol. The van der Waals surface area contributed by atoms with Gasteiger partial charge in [-0.2, -0.15) is 4.68 Å². The zero-order valence-corrected chi connectivity index (χ0v) is 15.6. The molecule has 0 aliphatic carbocycles. The van der Waals surface area contributed by atoms with Crippen LogP contribution in [-0.2, 0) is 0 Å². The maximum atomic E-state index is 12.6. The molecular formula is C19H20N4OS. The molecule has 1 aromatic heterocycles. The predicted octanol–water partition coefficient (Wildman–Crippen LogP) is 3.87. The van der Waals surface area contributed by atoms with Crippen molar-refractivity contribution in [2.45, 2.75) is 32.9 Å². The Morgan fingerprint density at radius 3 is 2.56 bits per heavy atom. The van der Waals surface area contributed by atoms with E-state index in [9.17, 15) is 4.79 Å². The molecule has 0 saturated heterocycles. The molecule has 0 amide bonds. The van der Waals surface area contributed by atoms with Crippen LogP contribution < -0.4 is 0 Å². The van der Waals surface area contributed by atoms with E-state index < -0.39 is 0 Å². The van der Waals surface area contributed by atoms with Gasteiger partial charge in [-0.3, -0.25) is 4.79 Å². The number of nitrogens with zero attached hydrogens (tertiary/aromatic N) is 4. The first-order chi connectivity index (χ1) is 12.0. The first kappa shape index (κ1) is 17.4. The molecule has 0 N–H and O–H groups in total. The second kappa shape index (κ2) is 7.19. The Bertz CT molecular complexity index is 933. The van der Waals surface area contributed by atoms with Crippen LogP contribution in [0.15, 0.2) is 41.6 Å². The zero-order chi connectivity index (χ0) is 18.0. The Morgan fingerprint density at radius 1 is 1.04 bits per heavy atom. The summed E-state index contributed by atoms with van der Waals surface area (Å²) < 4.78 is 1.66. The lowest BCUT2D eigenvalue weighted by atomic mass is 9.99. The van der Waals surface area contributed by atoms with E-state index in [1.165, 1.54) is 17.3 Å². The van der Waals surface area contributed by atoms with Gasteiger partial charge in [-0.15, -0.1) is 5.10 Å². The minimum absolute atomic E-state index is 0.0874. The summed E-state index contributed by atoms with van der Waals surface area (Å²) >= 11 is 1.35. The van der Waals surface area contributed by atoms with Crippen molar-refractivity contribution in [3.05, 3.63) is 64.2 Å². The van der Waals surface area contributed by atoms with Crippen LogP contribution in [0, 0.1) is 27.7 Å². The molecule has 2 aromatic carbocycles. The van der Waals surface area contributed by atoms with Crippen LogP contribution in [0.4, 0.5) is 0 Å². The molecule has 0 aliphatic rings. The molecule has 25 heavy (non-hydrogen) atoms. The molecule has 0 radical (unpaired) electrons. The van der Waals surface area contributed by atoms with E-state index in [0.717, 1.165) is 27.9 Å². The molecule has 128 valence electrons. The largest absolute Gasteiger partial charge is 0.293 e. The van der Waals surface area contributed by atoms with Crippen molar-refractivity contribution < 1.29 is 4.79 Å². The highest BCUT2D eigenvalue weighted by atomic mass is 32.2. The normalized spacial score (nSPS) is 10.9. The molecule has 0 atom stereocenters. The van der Waals surface area contributed by atoms with Crippen molar-refractivity contribution >= 4 is 17.5 Å². The van der Waals surface area contributed by atoms with E-state index in [-0.39, 0.29) is 5.78 Å². The van der Waals surface area contributed by atoms with Gasteiger partial charge in [0, 0.05) is 5.56 Å². The van der Waals surface area contributed by atoms with E-state index in [2.05, 4.69) is 28.5 Å². The minimum atomic E-state index is 0.0874. The molecule has 6 heteroatoms. The Morgan fingerprint density at radius 2 is 1.80 bits per heavy atom. The molecular weight excluding hydrogens is 332 g/mol. The highest BCUT2D eigenvalue weighted by molar-refractivity contribution is 7.99. The molecule has 1 heterocycles. The van der Waals surface area contributed by atoms with Crippen molar-refractivity contribution in [1.29, 1.82) is 0 Å². The Hall–Kier alpha value is -2.47. The fourth-order valence-electron chi connectivity index (χ4n) is 2.66. The molecule has 0 unspecified atom stereocenters. The topological polar surface area (TPSA) is 60.7 Å². The summed E-state index contributed by atoms with van der Waals surface area (Å²) in [5.74, 6) is 0.389. The smallest absolute Gasteiger partial charge is 0.214 e. The SMILES string of the molecule is Cc1cccc(-n2nnnc2SCC(=O)c2cc(C)c(C)cc2C)c1. The Balaban J connectivity index is 1.78. The van der Waals surface area contributed by atoms with Gasteiger partial charge in [-0.25, -0.2) is 0 Å². The maximum Gasteiger partial charge on any atom is 0.214 e. The van der Waals surface area contributed by atoms with Crippen LogP contribution in [0.2, 0.25) is 0 Å². The van der Waals surface area contributed by atoms with Gasteiger partial charge in [0.2, 0.25) is 5.16 Å². The van der Waals surface area contributed by atoms with Gasteiger partial charge in [-0.1, -0.05) is 30.0 Å². The predicted molar refractivity (Wildman–Crippen MR) is 99.6 cm³/mol. The number of thioether (sulfide) groups is 1. The summed E-state index contributed by atoms with van der Waals surface area (Å²) in [6, 6.07) is 12.0. The number of hydrogen-bond acceptors (Lipinski definition) is 5. The van der Waals surface area contributed by atoms with Gasteiger partial charge in [0.25, 0.3) is 0 Å². The van der Waals surface area contributed by atoms with Crippen LogP contribution in [0.3, 0.4) is 0 Å². The minimum Gasteiger partial charge on any atom is -0.293 e. The summed E-state index contributed by atoms with van der Waals surface area (Å²) in [6.07, 6.45) is 0. The number of aromatic nitrogens is 4. The van der Waals surface area contributed by atoms with Crippen LogP contribution >= 0.6 is 11.8 Å². The quantitative estimate of drug-likeness (QED) is 0.515. The van der Waals surface area contributed by atoms with Gasteiger partial charge < -0.3 is 0 Å². The van der Waals surface area contributed by atoms with Crippen LogP contribution in [0.1, 0.15) is 32.6 Å². The average Bonchev–Trinajstić information content (AvgIpc) is 3.04. The Kier molecular flexibility index (Phi) is 4.99. The van der Waals surface area contributed by atoms with Crippen molar-refractivity contribution in [3.8, 4) is 5.69 Å². The number of tetrazole rings is 1. The van der Waals surface area contributed by atoms with E-state index >= 15 is 0 Å². The van der Waals surface area contributed by atoms with Gasteiger partial charge in [0.05, 0.1) is 11.4 Å². The number of rotatable bonds is 5. The lowest BCUT2D eigenvalue weighted by Gasteiger charge is -2.09. The van der Waals surface area contributed by atoms with Gasteiger partial charge in [0.15, 0.2) is 5.78 Å². The van der Waals surface area contributed by atoms with Crippen molar-refractivity contribution in [1.82, 2.24) is 20.2 Å². The van der Waals surface area contributed by atoms with Crippen LogP contribution in [-0.4, -0.2) is 31.7 Å². The number of aryl methyl sites for hydroxylation is 4. The number of carbonyl (C=O) groups is 1. The van der Waals surface area contributed by atoms with E-state index in [0.29, 0.717) is 10.9 Å². The number of Topliss-reactive ketones (excluding diaryl/α,β-unsaturated/α-hetero) is 1. The highest BCUT2D eigenvalue weighted by Crippen LogP contribution is 2.22. The monoisotopic (exact) mass is 352 g/mol. The lowest BCUT2D eigenvalue weighted by molar-refractivity contribution is 0.102. The second-order valence-corrected chi connectivity index (χ2v) is 7.12. The fraction of sp³-hybridized carbons (Fsp3) is 0.263. The fourth-order valence-corrected chi connectivity index (χ4v) is 3.43. The molecule has 0 bridgehead atoms. The first-order valence-electron chi connectivity index (χ1n) is 8.05. The van der Waals surface area contributed by atoms with Gasteiger partial charge in [0.1, 0.15) is 0 Å².